The van der Waals surface area contributed by atoms with Gasteiger partial charge in [0, 0.05) is 11.5 Å². The van der Waals surface area contributed by atoms with Gasteiger partial charge >= 0.3 is 18.0 Å². The van der Waals surface area contributed by atoms with Gasteiger partial charge in [-0.25, -0.2) is 9.59 Å². The number of carboxylic acid groups (broad SMARTS) is 2. The number of carbonyl (C=O) groups is 3. The third kappa shape index (κ3) is 4.42. The van der Waals surface area contributed by atoms with E-state index in [0.29, 0.717) is 5.00 Å². The Labute approximate surface area is 98.6 Å². The number of rotatable bonds is 5. The molecule has 10 heteroatoms. The normalized spacial score (nSPS) is 11.5. The van der Waals surface area contributed by atoms with E-state index in [4.69, 9.17) is 10.2 Å². The zero-order valence-corrected chi connectivity index (χ0v) is 9.10. The molecule has 4 N–H and O–H groups in total. The number of nitrogens with zero attached hydrogens (tertiary/aromatic N) is 2. The van der Waals surface area contributed by atoms with Gasteiger partial charge in [-0.15, -0.1) is 5.10 Å². The van der Waals surface area contributed by atoms with Gasteiger partial charge in [0.1, 0.15) is 11.0 Å². The summed E-state index contributed by atoms with van der Waals surface area (Å²) in [6.07, 6.45) is 0.570. The van der Waals surface area contributed by atoms with Crippen molar-refractivity contribution in [1.29, 1.82) is 0 Å². The molecule has 0 aliphatic heterocycles. The maximum atomic E-state index is 11.3. The molecule has 2 amide bonds. The first kappa shape index (κ1) is 12.8. The summed E-state index contributed by atoms with van der Waals surface area (Å²) in [4.78, 5) is 32.3. The van der Waals surface area contributed by atoms with E-state index < -0.39 is 30.4 Å². The van der Waals surface area contributed by atoms with Gasteiger partial charge in [-0.05, 0) is 0 Å². The molecule has 1 aromatic heterocycles. The lowest BCUT2D eigenvalue weighted by atomic mass is 10.2. The quantitative estimate of drug-likeness (QED) is 0.563. The number of carbonyl (C=O) groups excluding carboxylic acids is 1. The van der Waals surface area contributed by atoms with E-state index in [1.165, 1.54) is 6.20 Å². The lowest BCUT2D eigenvalue weighted by molar-refractivity contribution is -0.145. The van der Waals surface area contributed by atoms with Gasteiger partial charge in [0.25, 0.3) is 0 Å². The second kappa shape index (κ2) is 5.75. The number of aromatic nitrogens is 2. The summed E-state index contributed by atoms with van der Waals surface area (Å²) in [5, 5.41) is 25.2. The van der Waals surface area contributed by atoms with Crippen molar-refractivity contribution in [2.24, 2.45) is 0 Å². The van der Waals surface area contributed by atoms with Crippen molar-refractivity contribution in [1.82, 2.24) is 14.9 Å². The molecule has 0 saturated heterocycles. The van der Waals surface area contributed by atoms with Crippen LogP contribution in [0.25, 0.3) is 0 Å². The molecule has 1 atom stereocenters. The molecule has 0 radical (unpaired) electrons. The first-order valence-electron chi connectivity index (χ1n) is 4.28. The minimum absolute atomic E-state index is 0.321. The zero-order chi connectivity index (χ0) is 12.8. The van der Waals surface area contributed by atoms with Crippen LogP contribution in [0, 0.1) is 0 Å². The zero-order valence-electron chi connectivity index (χ0n) is 8.28. The monoisotopic (exact) mass is 260 g/mol. The number of hydrogen-bond acceptors (Lipinski definition) is 6. The number of aliphatic carboxylic acids is 2. The summed E-state index contributed by atoms with van der Waals surface area (Å²) in [5.74, 6) is -2.75. The Morgan fingerprint density at radius 1 is 1.41 bits per heavy atom. The van der Waals surface area contributed by atoms with Gasteiger partial charge in [0.2, 0.25) is 0 Å². The first-order chi connectivity index (χ1) is 7.99. The van der Waals surface area contributed by atoms with E-state index in [1.54, 1.807) is 0 Å². The number of carboxylic acids is 2. The Morgan fingerprint density at radius 3 is 2.59 bits per heavy atom. The number of hydrogen-bond donors (Lipinski definition) is 4. The summed E-state index contributed by atoms with van der Waals surface area (Å²) >= 11 is 0.904. The van der Waals surface area contributed by atoms with Crippen LogP contribution in [0.5, 0.6) is 0 Å². The van der Waals surface area contributed by atoms with Crippen LogP contribution < -0.4 is 10.6 Å². The van der Waals surface area contributed by atoms with Gasteiger partial charge in [0.15, 0.2) is 0 Å². The third-order valence-electron chi connectivity index (χ3n) is 1.58. The molecule has 17 heavy (non-hydrogen) atoms. The number of anilines is 1. The third-order valence-corrected chi connectivity index (χ3v) is 2.16. The van der Waals surface area contributed by atoms with E-state index in [-0.39, 0.29) is 0 Å². The summed E-state index contributed by atoms with van der Waals surface area (Å²) in [7, 11) is 0. The number of amides is 2. The molecule has 0 spiro atoms. The van der Waals surface area contributed by atoms with Crippen LogP contribution in [-0.4, -0.2) is 43.8 Å². The van der Waals surface area contributed by atoms with Crippen LogP contribution >= 0.6 is 11.5 Å². The average molecular weight is 260 g/mol. The maximum absolute atomic E-state index is 11.3. The lowest BCUT2D eigenvalue weighted by Gasteiger charge is -2.11. The van der Waals surface area contributed by atoms with Crippen LogP contribution in [0.1, 0.15) is 6.42 Å². The molecule has 9 nitrogen and oxygen atoms in total. The minimum atomic E-state index is -1.49. The Hall–Kier alpha value is -2.23. The second-order valence-corrected chi connectivity index (χ2v) is 3.65. The molecular weight excluding hydrogens is 252 g/mol. The van der Waals surface area contributed by atoms with Crippen molar-refractivity contribution in [3.63, 3.8) is 0 Å². The van der Waals surface area contributed by atoms with Crippen LogP contribution in [0.15, 0.2) is 6.20 Å². The molecule has 0 fully saturated rings. The van der Waals surface area contributed by atoms with Crippen molar-refractivity contribution in [2.75, 3.05) is 5.32 Å². The smallest absolute Gasteiger partial charge is 0.326 e. The fraction of sp³-hybridized carbons (Fsp3) is 0.286. The topological polar surface area (TPSA) is 142 Å². The molecule has 1 heterocycles. The Morgan fingerprint density at radius 2 is 2.12 bits per heavy atom. The molecule has 1 rings (SSSR count). The lowest BCUT2D eigenvalue weighted by Crippen LogP contribution is -2.44. The van der Waals surface area contributed by atoms with Crippen molar-refractivity contribution < 1.29 is 24.6 Å². The van der Waals surface area contributed by atoms with Crippen LogP contribution in [0.3, 0.4) is 0 Å². The van der Waals surface area contributed by atoms with Gasteiger partial charge in [-0.2, -0.15) is 0 Å². The van der Waals surface area contributed by atoms with Crippen molar-refractivity contribution in [2.45, 2.75) is 12.5 Å². The predicted molar refractivity (Wildman–Crippen MR) is 55.7 cm³/mol. The van der Waals surface area contributed by atoms with Gasteiger partial charge in [0.05, 0.1) is 12.6 Å². The molecule has 0 unspecified atom stereocenters. The van der Waals surface area contributed by atoms with Gasteiger partial charge in [-0.1, -0.05) is 4.49 Å². The molecule has 0 aliphatic carbocycles. The highest BCUT2D eigenvalue weighted by Crippen LogP contribution is 2.08. The molecule has 0 bridgehead atoms. The Kier molecular flexibility index (Phi) is 4.34. The number of nitrogens with one attached hydrogen (secondary N) is 2. The van der Waals surface area contributed by atoms with E-state index >= 15 is 0 Å². The summed E-state index contributed by atoms with van der Waals surface area (Å²) in [6, 6.07) is -2.32. The predicted octanol–water partition coefficient (Wildman–Crippen LogP) is -0.413. The van der Waals surface area contributed by atoms with E-state index in [1.807, 2.05) is 5.32 Å². The Bertz CT molecular complexity index is 420. The molecule has 1 aromatic rings. The van der Waals surface area contributed by atoms with Crippen molar-refractivity contribution >= 4 is 34.5 Å². The minimum Gasteiger partial charge on any atom is -0.481 e. The van der Waals surface area contributed by atoms with Crippen molar-refractivity contribution in [3.8, 4) is 0 Å². The Balaban J connectivity index is 2.52. The summed E-state index contributed by atoms with van der Waals surface area (Å²) in [5.41, 5.74) is 0. The van der Waals surface area contributed by atoms with Gasteiger partial charge < -0.3 is 15.5 Å². The van der Waals surface area contributed by atoms with Crippen LogP contribution in [0.2, 0.25) is 0 Å². The molecule has 92 valence electrons. The molecule has 0 aliphatic rings. The maximum Gasteiger partial charge on any atom is 0.326 e. The standard InChI is InChI=1S/C7H8N4O5S/c12-5(13)1-3(6(14)15)9-7(16)10-4-2-8-11-17-4/h2-3H,1H2,(H,12,13)(H,14,15)(H2,9,10,16)/t3-/m1/s1. The molecular formula is C7H8N4O5S. The fourth-order valence-electron chi connectivity index (χ4n) is 0.903. The number of urea groups is 1. The SMILES string of the molecule is O=C(O)C[C@@H](NC(=O)Nc1cnns1)C(=O)O. The second-order valence-electron chi connectivity index (χ2n) is 2.87. The fourth-order valence-corrected chi connectivity index (χ4v) is 1.32. The summed E-state index contributed by atoms with van der Waals surface area (Å²) in [6.45, 7) is 0. The molecule has 0 saturated carbocycles. The van der Waals surface area contributed by atoms with Gasteiger partial charge in [-0.3, -0.25) is 10.1 Å². The highest BCUT2D eigenvalue weighted by molar-refractivity contribution is 7.10. The van der Waals surface area contributed by atoms with Crippen molar-refractivity contribution in [3.05, 3.63) is 6.20 Å². The van der Waals surface area contributed by atoms with Crippen LogP contribution in [-0.2, 0) is 9.59 Å². The average Bonchev–Trinajstić information content (AvgIpc) is 2.68. The summed E-state index contributed by atoms with van der Waals surface area (Å²) < 4.78 is 3.48. The van der Waals surface area contributed by atoms with E-state index in [0.717, 1.165) is 11.5 Å². The first-order valence-corrected chi connectivity index (χ1v) is 5.06. The van der Waals surface area contributed by atoms with E-state index in [2.05, 4.69) is 14.9 Å². The molecule has 0 aromatic carbocycles. The highest BCUT2D eigenvalue weighted by Gasteiger charge is 2.23. The highest BCUT2D eigenvalue weighted by atomic mass is 32.1. The van der Waals surface area contributed by atoms with E-state index in [9.17, 15) is 14.4 Å². The largest absolute Gasteiger partial charge is 0.481 e. The van der Waals surface area contributed by atoms with Crippen LogP contribution in [0.4, 0.5) is 9.80 Å².